The number of hydrogen-bond acceptors (Lipinski definition) is 2. The van der Waals surface area contributed by atoms with E-state index in [0.717, 1.165) is 18.7 Å². The highest BCUT2D eigenvalue weighted by molar-refractivity contribution is 5.96. The van der Waals surface area contributed by atoms with Crippen LogP contribution in [0.25, 0.3) is 0 Å². The fraction of sp³-hybridized carbons (Fsp3) is 0.208. The first kappa shape index (κ1) is 17.5. The number of benzene rings is 3. The van der Waals surface area contributed by atoms with E-state index in [9.17, 15) is 4.79 Å². The van der Waals surface area contributed by atoms with Crippen molar-refractivity contribution < 1.29 is 4.79 Å². The maximum Gasteiger partial charge on any atom is 0.241 e. The average molecular weight is 356 g/mol. The summed E-state index contributed by atoms with van der Waals surface area (Å²) in [5.74, 6) is 0.152. The average Bonchev–Trinajstić information content (AvgIpc) is 3.14. The van der Waals surface area contributed by atoms with Crippen LogP contribution in [0.5, 0.6) is 0 Å². The lowest BCUT2D eigenvalue weighted by atomic mass is 9.97. The predicted molar refractivity (Wildman–Crippen MR) is 110 cm³/mol. The largest absolute Gasteiger partial charge is 0.311 e. The van der Waals surface area contributed by atoms with Crippen LogP contribution >= 0.6 is 0 Å². The van der Waals surface area contributed by atoms with Gasteiger partial charge in [-0.25, -0.2) is 0 Å². The second-order valence-corrected chi connectivity index (χ2v) is 7.06. The van der Waals surface area contributed by atoms with E-state index >= 15 is 0 Å². The Morgan fingerprint density at radius 1 is 0.889 bits per heavy atom. The maximum atomic E-state index is 13.1. The molecule has 0 bridgehead atoms. The van der Waals surface area contributed by atoms with Crippen LogP contribution in [0.4, 0.5) is 5.69 Å². The normalized spacial score (nSPS) is 13.2. The molecule has 136 valence electrons. The topological polar surface area (TPSA) is 23.6 Å². The van der Waals surface area contributed by atoms with Gasteiger partial charge in [-0.1, -0.05) is 78.9 Å². The van der Waals surface area contributed by atoms with Crippen LogP contribution in [0.1, 0.15) is 22.7 Å². The predicted octanol–water partition coefficient (Wildman–Crippen LogP) is 4.30. The fourth-order valence-corrected chi connectivity index (χ4v) is 3.96. The Bertz CT molecular complexity index is 868. The second-order valence-electron chi connectivity index (χ2n) is 7.06. The van der Waals surface area contributed by atoms with Gasteiger partial charge in [-0.2, -0.15) is 0 Å². The first-order valence-electron chi connectivity index (χ1n) is 9.42. The van der Waals surface area contributed by atoms with Crippen LogP contribution in [-0.4, -0.2) is 30.9 Å². The van der Waals surface area contributed by atoms with Gasteiger partial charge in [0.1, 0.15) is 0 Å². The van der Waals surface area contributed by atoms with Crippen LogP contribution in [-0.2, 0) is 11.2 Å². The number of nitrogens with zero attached hydrogens (tertiary/aromatic N) is 2. The SMILES string of the molecule is CN(CC(=O)N1CCc2ccccc21)C(c1ccccc1)c1ccccc1. The van der Waals surface area contributed by atoms with Gasteiger partial charge in [0.05, 0.1) is 12.6 Å². The fourth-order valence-electron chi connectivity index (χ4n) is 3.96. The summed E-state index contributed by atoms with van der Waals surface area (Å²) in [5, 5.41) is 0. The molecule has 3 heteroatoms. The zero-order chi connectivity index (χ0) is 18.6. The molecular formula is C24H24N2O. The minimum atomic E-state index is 0.0502. The number of rotatable bonds is 5. The first-order chi connectivity index (χ1) is 13.2. The molecule has 0 spiro atoms. The molecule has 1 amide bonds. The van der Waals surface area contributed by atoms with E-state index in [1.54, 1.807) is 0 Å². The van der Waals surface area contributed by atoms with Gasteiger partial charge in [-0.15, -0.1) is 0 Å². The second kappa shape index (κ2) is 7.77. The summed E-state index contributed by atoms with van der Waals surface area (Å²) in [7, 11) is 2.03. The summed E-state index contributed by atoms with van der Waals surface area (Å²) < 4.78 is 0. The summed E-state index contributed by atoms with van der Waals surface area (Å²) in [5.41, 5.74) is 4.71. The van der Waals surface area contributed by atoms with Gasteiger partial charge in [0.2, 0.25) is 5.91 Å². The molecule has 3 aromatic rings. The zero-order valence-electron chi connectivity index (χ0n) is 15.6. The van der Waals surface area contributed by atoms with Crippen molar-refractivity contribution in [1.29, 1.82) is 0 Å². The first-order valence-corrected chi connectivity index (χ1v) is 9.42. The van der Waals surface area contributed by atoms with E-state index in [2.05, 4.69) is 59.5 Å². The Morgan fingerprint density at radius 2 is 1.44 bits per heavy atom. The Labute approximate surface area is 160 Å². The van der Waals surface area contributed by atoms with E-state index in [-0.39, 0.29) is 11.9 Å². The summed E-state index contributed by atoms with van der Waals surface area (Å²) in [6, 6.07) is 29.0. The number of fused-ring (bicyclic) bond motifs is 1. The minimum Gasteiger partial charge on any atom is -0.311 e. The molecule has 0 saturated carbocycles. The van der Waals surface area contributed by atoms with Crippen LogP contribution in [0.15, 0.2) is 84.9 Å². The van der Waals surface area contributed by atoms with Crippen molar-refractivity contribution in [2.75, 3.05) is 25.0 Å². The van der Waals surface area contributed by atoms with Crippen LogP contribution in [0.3, 0.4) is 0 Å². The molecule has 27 heavy (non-hydrogen) atoms. The number of likely N-dealkylation sites (N-methyl/N-ethyl adjacent to an activating group) is 1. The highest BCUT2D eigenvalue weighted by Crippen LogP contribution is 2.30. The molecule has 3 aromatic carbocycles. The van der Waals surface area contributed by atoms with E-state index < -0.39 is 0 Å². The van der Waals surface area contributed by atoms with Gasteiger partial charge in [0.15, 0.2) is 0 Å². The summed E-state index contributed by atoms with van der Waals surface area (Å²) >= 11 is 0. The molecule has 0 saturated heterocycles. The lowest BCUT2D eigenvalue weighted by Crippen LogP contribution is -2.39. The molecule has 0 fully saturated rings. The molecule has 0 atom stereocenters. The smallest absolute Gasteiger partial charge is 0.241 e. The van der Waals surface area contributed by atoms with Crippen molar-refractivity contribution in [2.24, 2.45) is 0 Å². The molecule has 0 N–H and O–H groups in total. The lowest BCUT2D eigenvalue weighted by molar-refractivity contribution is -0.119. The van der Waals surface area contributed by atoms with Crippen molar-refractivity contribution in [3.8, 4) is 0 Å². The Kier molecular flexibility index (Phi) is 5.03. The highest BCUT2D eigenvalue weighted by atomic mass is 16.2. The van der Waals surface area contributed by atoms with Crippen LogP contribution in [0.2, 0.25) is 0 Å². The lowest BCUT2D eigenvalue weighted by Gasteiger charge is -2.30. The standard InChI is InChI=1S/C24H24N2O/c1-25(18-23(27)26-17-16-19-10-8-9-15-22(19)26)24(20-11-4-2-5-12-20)21-13-6-3-7-14-21/h2-15,24H,16-18H2,1H3. The van der Waals surface area contributed by atoms with Gasteiger partial charge in [-0.3, -0.25) is 9.69 Å². The Hall–Kier alpha value is -2.91. The van der Waals surface area contributed by atoms with E-state index in [4.69, 9.17) is 0 Å². The third-order valence-electron chi connectivity index (χ3n) is 5.24. The number of anilines is 1. The van der Waals surface area contributed by atoms with E-state index in [1.807, 2.05) is 42.3 Å². The summed E-state index contributed by atoms with van der Waals surface area (Å²) in [6.45, 7) is 1.15. The third-order valence-corrected chi connectivity index (χ3v) is 5.24. The van der Waals surface area contributed by atoms with E-state index in [1.165, 1.54) is 16.7 Å². The molecule has 1 aliphatic heterocycles. The number of para-hydroxylation sites is 1. The molecule has 0 unspecified atom stereocenters. The molecule has 0 aliphatic carbocycles. The highest BCUT2D eigenvalue weighted by Gasteiger charge is 2.27. The third kappa shape index (κ3) is 3.64. The molecule has 0 radical (unpaired) electrons. The maximum absolute atomic E-state index is 13.1. The number of hydrogen-bond donors (Lipinski definition) is 0. The molecular weight excluding hydrogens is 332 g/mol. The van der Waals surface area contributed by atoms with Crippen LogP contribution < -0.4 is 4.90 Å². The van der Waals surface area contributed by atoms with Crippen molar-refractivity contribution in [2.45, 2.75) is 12.5 Å². The van der Waals surface area contributed by atoms with Gasteiger partial charge in [0, 0.05) is 12.2 Å². The Morgan fingerprint density at radius 3 is 2.07 bits per heavy atom. The Balaban J connectivity index is 1.58. The van der Waals surface area contributed by atoms with Crippen molar-refractivity contribution in [3.05, 3.63) is 102 Å². The number of carbonyl (C=O) groups is 1. The minimum absolute atomic E-state index is 0.0502. The molecule has 1 heterocycles. The monoisotopic (exact) mass is 356 g/mol. The van der Waals surface area contributed by atoms with Crippen molar-refractivity contribution in [3.63, 3.8) is 0 Å². The molecule has 3 nitrogen and oxygen atoms in total. The molecule has 4 rings (SSSR count). The van der Waals surface area contributed by atoms with Crippen LogP contribution in [0, 0.1) is 0 Å². The van der Waals surface area contributed by atoms with Gasteiger partial charge >= 0.3 is 0 Å². The number of amides is 1. The molecule has 1 aliphatic rings. The van der Waals surface area contributed by atoms with Crippen molar-refractivity contribution in [1.82, 2.24) is 4.90 Å². The summed E-state index contributed by atoms with van der Waals surface area (Å²) in [4.78, 5) is 17.1. The molecule has 0 aromatic heterocycles. The number of carbonyl (C=O) groups excluding carboxylic acids is 1. The van der Waals surface area contributed by atoms with E-state index in [0.29, 0.717) is 6.54 Å². The van der Waals surface area contributed by atoms with Gasteiger partial charge < -0.3 is 4.90 Å². The van der Waals surface area contributed by atoms with Crippen molar-refractivity contribution >= 4 is 11.6 Å². The zero-order valence-corrected chi connectivity index (χ0v) is 15.6. The van der Waals surface area contributed by atoms with Gasteiger partial charge in [-0.05, 0) is 36.2 Å². The van der Waals surface area contributed by atoms with Gasteiger partial charge in [0.25, 0.3) is 0 Å². The quantitative estimate of drug-likeness (QED) is 0.681. The summed E-state index contributed by atoms with van der Waals surface area (Å²) in [6.07, 6.45) is 0.937.